The number of nitrogens with one attached hydrogen (secondary N) is 1. The molecule has 3 rings (SSSR count). The van der Waals surface area contributed by atoms with Crippen molar-refractivity contribution in [2.75, 3.05) is 12.4 Å². The normalized spacial score (nSPS) is 10.6. The number of aromatic nitrogens is 3. The molecule has 0 saturated carbocycles. The van der Waals surface area contributed by atoms with Crippen molar-refractivity contribution in [1.82, 2.24) is 14.9 Å². The molecule has 1 aromatic carbocycles. The lowest BCUT2D eigenvalue weighted by atomic mass is 10.1. The van der Waals surface area contributed by atoms with Gasteiger partial charge in [-0.05, 0) is 37.3 Å². The van der Waals surface area contributed by atoms with Gasteiger partial charge in [-0.3, -0.25) is 9.48 Å². The molecule has 0 aliphatic heterocycles. The van der Waals surface area contributed by atoms with E-state index < -0.39 is 0 Å². The summed E-state index contributed by atoms with van der Waals surface area (Å²) < 4.78 is 11.7. The maximum absolute atomic E-state index is 12.2. The smallest absolute Gasteiger partial charge is 0.277 e. The van der Waals surface area contributed by atoms with Gasteiger partial charge in [-0.15, -0.1) is 0 Å². The predicted molar refractivity (Wildman–Crippen MR) is 84.4 cm³/mol. The lowest BCUT2D eigenvalue weighted by Crippen LogP contribution is -2.13. The molecule has 0 unspecified atom stereocenters. The SMILES string of the molecule is COc1ccc(-c2cc(C(=O)Nc3cc(C)on3)nn2C)cc1. The first-order valence-electron chi connectivity index (χ1n) is 7.00. The molecule has 118 valence electrons. The summed E-state index contributed by atoms with van der Waals surface area (Å²) in [4.78, 5) is 12.2. The molecule has 7 heteroatoms. The van der Waals surface area contributed by atoms with Gasteiger partial charge in [0.15, 0.2) is 11.5 Å². The van der Waals surface area contributed by atoms with Crippen molar-refractivity contribution in [1.29, 1.82) is 0 Å². The summed E-state index contributed by atoms with van der Waals surface area (Å²) in [5.41, 5.74) is 2.07. The van der Waals surface area contributed by atoms with Gasteiger partial charge in [0.25, 0.3) is 5.91 Å². The number of hydrogen-bond donors (Lipinski definition) is 1. The summed E-state index contributed by atoms with van der Waals surface area (Å²) >= 11 is 0. The molecule has 7 nitrogen and oxygen atoms in total. The topological polar surface area (TPSA) is 82.2 Å². The van der Waals surface area contributed by atoms with Crippen LogP contribution < -0.4 is 10.1 Å². The average molecular weight is 312 g/mol. The number of benzene rings is 1. The summed E-state index contributed by atoms with van der Waals surface area (Å²) in [5.74, 6) is 1.42. The standard InChI is InChI=1S/C16H16N4O3/c1-10-8-15(19-23-10)17-16(21)13-9-14(20(2)18-13)11-4-6-12(22-3)7-5-11/h4-9H,1-3H3,(H,17,19,21). The number of ether oxygens (including phenoxy) is 1. The highest BCUT2D eigenvalue weighted by Crippen LogP contribution is 2.23. The number of hydrogen-bond acceptors (Lipinski definition) is 5. The van der Waals surface area contributed by atoms with Crippen LogP contribution in [0.25, 0.3) is 11.3 Å². The molecule has 0 bridgehead atoms. The highest BCUT2D eigenvalue weighted by molar-refractivity contribution is 6.02. The second kappa shape index (κ2) is 5.96. The van der Waals surface area contributed by atoms with E-state index in [1.807, 2.05) is 24.3 Å². The molecule has 1 amide bonds. The zero-order chi connectivity index (χ0) is 16.4. The monoisotopic (exact) mass is 312 g/mol. The maximum atomic E-state index is 12.2. The minimum absolute atomic E-state index is 0.305. The predicted octanol–water partition coefficient (Wildman–Crippen LogP) is 2.64. The number of carbonyl (C=O) groups is 1. The van der Waals surface area contributed by atoms with E-state index >= 15 is 0 Å². The number of amides is 1. The van der Waals surface area contributed by atoms with Crippen molar-refractivity contribution < 1.29 is 14.1 Å². The van der Waals surface area contributed by atoms with Crippen LogP contribution in [0.4, 0.5) is 5.82 Å². The Morgan fingerprint density at radius 3 is 2.61 bits per heavy atom. The zero-order valence-corrected chi connectivity index (χ0v) is 13.0. The molecule has 0 radical (unpaired) electrons. The van der Waals surface area contributed by atoms with E-state index in [-0.39, 0.29) is 5.91 Å². The van der Waals surface area contributed by atoms with E-state index in [0.29, 0.717) is 17.3 Å². The van der Waals surface area contributed by atoms with Crippen molar-refractivity contribution in [3.05, 3.63) is 47.9 Å². The van der Waals surface area contributed by atoms with E-state index in [4.69, 9.17) is 9.26 Å². The highest BCUT2D eigenvalue weighted by atomic mass is 16.5. The Morgan fingerprint density at radius 1 is 1.26 bits per heavy atom. The van der Waals surface area contributed by atoms with E-state index in [2.05, 4.69) is 15.6 Å². The van der Waals surface area contributed by atoms with Gasteiger partial charge in [0.1, 0.15) is 11.5 Å². The largest absolute Gasteiger partial charge is 0.497 e. The number of anilines is 1. The Labute approximate surface area is 132 Å². The lowest BCUT2D eigenvalue weighted by molar-refractivity contribution is 0.102. The van der Waals surface area contributed by atoms with Crippen LogP contribution in [-0.2, 0) is 7.05 Å². The third-order valence-electron chi connectivity index (χ3n) is 3.37. The van der Waals surface area contributed by atoms with Gasteiger partial charge in [-0.2, -0.15) is 5.10 Å². The number of nitrogens with zero attached hydrogens (tertiary/aromatic N) is 3. The third-order valence-corrected chi connectivity index (χ3v) is 3.37. The molecule has 0 spiro atoms. The average Bonchev–Trinajstić information content (AvgIpc) is 3.13. The van der Waals surface area contributed by atoms with Crippen molar-refractivity contribution in [2.45, 2.75) is 6.92 Å². The number of aryl methyl sites for hydroxylation is 2. The van der Waals surface area contributed by atoms with Crippen molar-refractivity contribution in [3.8, 4) is 17.0 Å². The Kier molecular flexibility index (Phi) is 3.84. The van der Waals surface area contributed by atoms with Crippen molar-refractivity contribution in [2.24, 2.45) is 7.05 Å². The molecule has 1 N–H and O–H groups in total. The Bertz CT molecular complexity index is 833. The van der Waals surface area contributed by atoms with Gasteiger partial charge in [0.05, 0.1) is 12.8 Å². The first kappa shape index (κ1) is 14.8. The second-order valence-corrected chi connectivity index (χ2v) is 5.04. The minimum Gasteiger partial charge on any atom is -0.497 e. The maximum Gasteiger partial charge on any atom is 0.277 e. The lowest BCUT2D eigenvalue weighted by Gasteiger charge is -2.03. The van der Waals surface area contributed by atoms with Gasteiger partial charge in [-0.1, -0.05) is 5.16 Å². The summed E-state index contributed by atoms with van der Waals surface area (Å²) in [7, 11) is 3.41. The van der Waals surface area contributed by atoms with Gasteiger partial charge in [-0.25, -0.2) is 0 Å². The van der Waals surface area contributed by atoms with Gasteiger partial charge in [0, 0.05) is 18.7 Å². The van der Waals surface area contributed by atoms with Crippen LogP contribution in [0.1, 0.15) is 16.2 Å². The minimum atomic E-state index is -0.339. The fourth-order valence-corrected chi connectivity index (χ4v) is 2.22. The van der Waals surface area contributed by atoms with Crippen LogP contribution in [0, 0.1) is 6.92 Å². The zero-order valence-electron chi connectivity index (χ0n) is 13.0. The van der Waals surface area contributed by atoms with E-state index in [1.165, 1.54) is 0 Å². The molecule has 0 aliphatic rings. The molecule has 2 aromatic heterocycles. The Morgan fingerprint density at radius 2 is 2.00 bits per heavy atom. The second-order valence-electron chi connectivity index (χ2n) is 5.04. The van der Waals surface area contributed by atoms with E-state index in [9.17, 15) is 4.79 Å². The van der Waals surface area contributed by atoms with Crippen molar-refractivity contribution in [3.63, 3.8) is 0 Å². The first-order valence-corrected chi connectivity index (χ1v) is 7.00. The fraction of sp³-hybridized carbons (Fsp3) is 0.188. The summed E-state index contributed by atoms with van der Waals surface area (Å²) in [5, 5.41) is 10.6. The first-order chi connectivity index (χ1) is 11.1. The molecule has 23 heavy (non-hydrogen) atoms. The van der Waals surface area contributed by atoms with Crippen LogP contribution in [0.2, 0.25) is 0 Å². The van der Waals surface area contributed by atoms with Crippen molar-refractivity contribution >= 4 is 11.7 Å². The third kappa shape index (κ3) is 3.08. The Balaban J connectivity index is 1.83. The molecule has 3 aromatic rings. The van der Waals surface area contributed by atoms with Crippen LogP contribution >= 0.6 is 0 Å². The molecule has 0 fully saturated rings. The summed E-state index contributed by atoms with van der Waals surface area (Å²) in [6, 6.07) is 10.9. The van der Waals surface area contributed by atoms with Gasteiger partial charge >= 0.3 is 0 Å². The quantitative estimate of drug-likeness (QED) is 0.801. The number of methoxy groups -OCH3 is 1. The molecule has 2 heterocycles. The van der Waals surface area contributed by atoms with Gasteiger partial charge < -0.3 is 14.6 Å². The van der Waals surface area contributed by atoms with Crippen LogP contribution in [0.3, 0.4) is 0 Å². The Hall–Kier alpha value is -3.09. The van der Waals surface area contributed by atoms with Crippen LogP contribution in [-0.4, -0.2) is 28.0 Å². The molecule has 0 saturated heterocycles. The molecule has 0 atom stereocenters. The van der Waals surface area contributed by atoms with Crippen LogP contribution in [0.15, 0.2) is 40.9 Å². The molecule has 0 aliphatic carbocycles. The molecular formula is C16H16N4O3. The van der Waals surface area contributed by atoms with Crippen LogP contribution in [0.5, 0.6) is 5.75 Å². The van der Waals surface area contributed by atoms with Gasteiger partial charge in [0.2, 0.25) is 0 Å². The van der Waals surface area contributed by atoms with E-state index in [1.54, 1.807) is 37.9 Å². The fourth-order valence-electron chi connectivity index (χ4n) is 2.22. The highest BCUT2D eigenvalue weighted by Gasteiger charge is 2.15. The summed E-state index contributed by atoms with van der Waals surface area (Å²) in [6.45, 7) is 1.76. The summed E-state index contributed by atoms with van der Waals surface area (Å²) in [6.07, 6.45) is 0. The number of rotatable bonds is 4. The van der Waals surface area contributed by atoms with E-state index in [0.717, 1.165) is 17.0 Å². The molecular weight excluding hydrogens is 296 g/mol. The number of carbonyl (C=O) groups excluding carboxylic acids is 1.